The van der Waals surface area contributed by atoms with Gasteiger partial charge in [0.2, 0.25) is 11.5 Å². The molecule has 0 N–H and O–H groups in total. The first-order valence-electron chi connectivity index (χ1n) is 8.53. The monoisotopic (exact) mass is 389 g/mol. The first kappa shape index (κ1) is 19.0. The van der Waals surface area contributed by atoms with Crippen LogP contribution < -0.4 is 0 Å². The largest absolute Gasteiger partial charge is 0.493 e. The van der Waals surface area contributed by atoms with Gasteiger partial charge in [0, 0.05) is 27.7 Å². The van der Waals surface area contributed by atoms with Gasteiger partial charge in [0.25, 0.3) is 0 Å². The molecule has 0 bridgehead atoms. The second kappa shape index (κ2) is 7.88. The second-order valence-corrected chi connectivity index (χ2v) is 6.65. The van der Waals surface area contributed by atoms with Crippen LogP contribution in [-0.4, -0.2) is 35.6 Å². The molecule has 6 nitrogen and oxygen atoms in total. The third-order valence-corrected chi connectivity index (χ3v) is 4.54. The van der Waals surface area contributed by atoms with E-state index in [0.29, 0.717) is 17.2 Å². The lowest BCUT2D eigenvalue weighted by Gasteiger charge is -2.17. The lowest BCUT2D eigenvalue weighted by Crippen LogP contribution is -2.27. The smallest absolute Gasteiger partial charge is 0.377 e. The summed E-state index contributed by atoms with van der Waals surface area (Å²) in [5.41, 5.74) is 3.05. The van der Waals surface area contributed by atoms with Gasteiger partial charge in [-0.25, -0.2) is 4.79 Å². The lowest BCUT2D eigenvalue weighted by molar-refractivity contribution is -0.147. The summed E-state index contributed by atoms with van der Waals surface area (Å²) < 4.78 is 17.4. The molecule has 0 spiro atoms. The summed E-state index contributed by atoms with van der Waals surface area (Å²) in [5.74, 6) is -1.04. The zero-order chi connectivity index (χ0) is 19.6. The van der Waals surface area contributed by atoms with Crippen molar-refractivity contribution < 1.29 is 23.8 Å². The molecule has 2 heterocycles. The molecule has 1 atom stereocenters. The molecule has 142 valence electrons. The standard InChI is InChI=1S/C20H20ClNO5/c1-12-10-17(13(2)22(12)16-6-4-15(21)5-7-16)19(23)14(3)27-20(24)18-11-25-8-9-26-18/h4-7,10-11,14H,8-9H2,1-3H3/t14-/m1/s1. The highest BCUT2D eigenvalue weighted by molar-refractivity contribution is 6.30. The summed E-state index contributed by atoms with van der Waals surface area (Å²) >= 11 is 5.95. The Kier molecular flexibility index (Phi) is 5.56. The minimum atomic E-state index is -0.955. The number of carbonyl (C=O) groups is 2. The summed E-state index contributed by atoms with van der Waals surface area (Å²) in [6.07, 6.45) is 0.248. The van der Waals surface area contributed by atoms with Crippen LogP contribution in [0, 0.1) is 13.8 Å². The van der Waals surface area contributed by atoms with Crippen LogP contribution in [0.1, 0.15) is 28.7 Å². The third-order valence-electron chi connectivity index (χ3n) is 4.28. The van der Waals surface area contributed by atoms with Crippen molar-refractivity contribution in [2.45, 2.75) is 26.9 Å². The van der Waals surface area contributed by atoms with Crippen molar-refractivity contribution >= 4 is 23.4 Å². The minimum Gasteiger partial charge on any atom is -0.493 e. The number of ketones is 1. The van der Waals surface area contributed by atoms with Gasteiger partial charge >= 0.3 is 5.97 Å². The van der Waals surface area contributed by atoms with Gasteiger partial charge in [-0.1, -0.05) is 11.6 Å². The summed E-state index contributed by atoms with van der Waals surface area (Å²) in [6, 6.07) is 9.14. The number of rotatable bonds is 5. The zero-order valence-corrected chi connectivity index (χ0v) is 16.1. The number of hydrogen-bond donors (Lipinski definition) is 0. The van der Waals surface area contributed by atoms with Gasteiger partial charge in [0.05, 0.1) is 0 Å². The highest BCUT2D eigenvalue weighted by Crippen LogP contribution is 2.24. The first-order chi connectivity index (χ1) is 12.9. The Labute approximate surface area is 162 Å². The van der Waals surface area contributed by atoms with E-state index in [1.807, 2.05) is 30.5 Å². The average molecular weight is 390 g/mol. The van der Waals surface area contributed by atoms with Crippen molar-refractivity contribution in [3.05, 3.63) is 64.3 Å². The number of aromatic nitrogens is 1. The molecule has 2 aromatic rings. The molecule has 0 saturated carbocycles. The Bertz CT molecular complexity index is 898. The normalized spacial score (nSPS) is 14.6. The first-order valence-corrected chi connectivity index (χ1v) is 8.91. The molecule has 1 aromatic carbocycles. The summed E-state index contributed by atoms with van der Waals surface area (Å²) in [4.78, 5) is 24.9. The van der Waals surface area contributed by atoms with Crippen LogP contribution in [0.5, 0.6) is 0 Å². The fourth-order valence-corrected chi connectivity index (χ4v) is 3.09. The predicted octanol–water partition coefficient (Wildman–Crippen LogP) is 3.75. The molecule has 3 rings (SSSR count). The average Bonchev–Trinajstić information content (AvgIpc) is 2.96. The molecule has 27 heavy (non-hydrogen) atoms. The molecule has 1 aliphatic rings. The molecule has 0 unspecified atom stereocenters. The number of halogens is 1. The summed E-state index contributed by atoms with van der Waals surface area (Å²) in [7, 11) is 0. The van der Waals surface area contributed by atoms with Crippen molar-refractivity contribution in [3.8, 4) is 5.69 Å². The van der Waals surface area contributed by atoms with Crippen molar-refractivity contribution in [2.24, 2.45) is 0 Å². The maximum Gasteiger partial charge on any atom is 0.377 e. The van der Waals surface area contributed by atoms with E-state index in [9.17, 15) is 9.59 Å². The Morgan fingerprint density at radius 2 is 1.89 bits per heavy atom. The van der Waals surface area contributed by atoms with Crippen LogP contribution in [0.15, 0.2) is 42.4 Å². The van der Waals surface area contributed by atoms with E-state index in [4.69, 9.17) is 25.8 Å². The van der Waals surface area contributed by atoms with Crippen molar-refractivity contribution in [1.29, 1.82) is 0 Å². The molecule has 0 aliphatic carbocycles. The molecular weight excluding hydrogens is 370 g/mol. The molecule has 1 aliphatic heterocycles. The number of hydrogen-bond acceptors (Lipinski definition) is 5. The van der Waals surface area contributed by atoms with Gasteiger partial charge in [-0.05, 0) is 51.1 Å². The third kappa shape index (κ3) is 4.01. The van der Waals surface area contributed by atoms with E-state index >= 15 is 0 Å². The van der Waals surface area contributed by atoms with E-state index in [0.717, 1.165) is 17.1 Å². The zero-order valence-electron chi connectivity index (χ0n) is 15.3. The molecule has 0 amide bonds. The van der Waals surface area contributed by atoms with Crippen molar-refractivity contribution in [3.63, 3.8) is 0 Å². The van der Waals surface area contributed by atoms with Crippen LogP contribution >= 0.6 is 11.6 Å². The quantitative estimate of drug-likeness (QED) is 0.575. The minimum absolute atomic E-state index is 0.0347. The maximum absolute atomic E-state index is 12.8. The van der Waals surface area contributed by atoms with Gasteiger partial charge in [0.15, 0.2) is 6.10 Å². The van der Waals surface area contributed by atoms with Gasteiger partial charge in [-0.2, -0.15) is 0 Å². The number of nitrogens with zero attached hydrogens (tertiary/aromatic N) is 1. The maximum atomic E-state index is 12.8. The number of ether oxygens (including phenoxy) is 3. The number of aryl methyl sites for hydroxylation is 1. The fourth-order valence-electron chi connectivity index (χ4n) is 2.97. The van der Waals surface area contributed by atoms with Gasteiger partial charge in [0.1, 0.15) is 19.5 Å². The van der Waals surface area contributed by atoms with E-state index in [2.05, 4.69) is 0 Å². The Hall–Kier alpha value is -2.73. The summed E-state index contributed by atoms with van der Waals surface area (Å²) in [5, 5.41) is 0.640. The van der Waals surface area contributed by atoms with Crippen LogP contribution in [0.2, 0.25) is 5.02 Å². The molecular formula is C20H20ClNO5. The topological polar surface area (TPSA) is 66.8 Å². The van der Waals surface area contributed by atoms with E-state index in [1.165, 1.54) is 6.26 Å². The van der Waals surface area contributed by atoms with Crippen LogP contribution in [0.25, 0.3) is 5.69 Å². The van der Waals surface area contributed by atoms with E-state index in [-0.39, 0.29) is 18.1 Å². The van der Waals surface area contributed by atoms with Crippen LogP contribution in [0.4, 0.5) is 0 Å². The lowest BCUT2D eigenvalue weighted by atomic mass is 10.1. The number of benzene rings is 1. The number of Topliss-reactive ketones (excluding diaryl/α,β-unsaturated/α-hetero) is 1. The van der Waals surface area contributed by atoms with Gasteiger partial charge in [-0.3, -0.25) is 4.79 Å². The molecule has 0 radical (unpaired) electrons. The van der Waals surface area contributed by atoms with E-state index in [1.54, 1.807) is 25.1 Å². The van der Waals surface area contributed by atoms with E-state index < -0.39 is 12.1 Å². The molecule has 0 fully saturated rings. The Balaban J connectivity index is 1.80. The fraction of sp³-hybridized carbons (Fsp3) is 0.300. The highest BCUT2D eigenvalue weighted by atomic mass is 35.5. The van der Waals surface area contributed by atoms with Crippen LogP contribution in [0.3, 0.4) is 0 Å². The Morgan fingerprint density at radius 1 is 1.19 bits per heavy atom. The van der Waals surface area contributed by atoms with Crippen molar-refractivity contribution in [2.75, 3.05) is 13.2 Å². The SMILES string of the molecule is Cc1cc(C(=O)[C@@H](C)OC(=O)C2=COCCO2)c(C)n1-c1ccc(Cl)cc1. The predicted molar refractivity (Wildman–Crippen MR) is 100 cm³/mol. The Morgan fingerprint density at radius 3 is 2.52 bits per heavy atom. The molecule has 7 heteroatoms. The van der Waals surface area contributed by atoms with Crippen molar-refractivity contribution in [1.82, 2.24) is 4.57 Å². The van der Waals surface area contributed by atoms with Gasteiger partial charge in [-0.15, -0.1) is 0 Å². The molecule has 1 aromatic heterocycles. The van der Waals surface area contributed by atoms with Gasteiger partial charge < -0.3 is 18.8 Å². The highest BCUT2D eigenvalue weighted by Gasteiger charge is 2.27. The van der Waals surface area contributed by atoms with Crippen LogP contribution in [-0.2, 0) is 19.0 Å². The summed E-state index contributed by atoms with van der Waals surface area (Å²) in [6.45, 7) is 5.95. The number of esters is 1. The molecule has 0 saturated heterocycles. The second-order valence-electron chi connectivity index (χ2n) is 6.21. The number of carbonyl (C=O) groups excluding carboxylic acids is 2.